The van der Waals surface area contributed by atoms with Crippen molar-refractivity contribution in [2.24, 2.45) is 0 Å². The smallest absolute Gasteiger partial charge is 0.196 e. The molecule has 0 saturated carbocycles. The van der Waals surface area contributed by atoms with Crippen LogP contribution in [-0.2, 0) is 0 Å². The van der Waals surface area contributed by atoms with Crippen molar-refractivity contribution >= 4 is 5.78 Å². The number of carbonyl (C=O) groups is 1. The molecule has 2 aromatic rings. The van der Waals surface area contributed by atoms with Gasteiger partial charge in [0, 0.05) is 0 Å². The van der Waals surface area contributed by atoms with Crippen molar-refractivity contribution in [3.8, 4) is 5.69 Å². The number of aromatic nitrogens is 3. The van der Waals surface area contributed by atoms with Crippen molar-refractivity contribution in [3.63, 3.8) is 0 Å². The largest absolute Gasteiger partial charge is 0.302 e. The van der Waals surface area contributed by atoms with E-state index < -0.39 is 0 Å². The Balaban J connectivity index is 2.32. The Labute approximate surface area is 99.7 Å². The molecule has 0 atom stereocenters. The van der Waals surface area contributed by atoms with Crippen LogP contribution in [0.5, 0.6) is 0 Å². The summed E-state index contributed by atoms with van der Waals surface area (Å²) < 4.78 is 1.56. The Morgan fingerprint density at radius 1 is 1.29 bits per heavy atom. The maximum Gasteiger partial charge on any atom is 0.196 e. The standard InChI is InChI=1S/C12H14N4O/c1-15(2)9-12(17)11-8-13-14-16(11)10-6-4-3-5-7-10/h3-8H,9H2,1-2H3. The number of hydrogen-bond donors (Lipinski definition) is 0. The van der Waals surface area contributed by atoms with Gasteiger partial charge in [0.05, 0.1) is 18.4 Å². The Morgan fingerprint density at radius 2 is 2.00 bits per heavy atom. The Morgan fingerprint density at radius 3 is 2.65 bits per heavy atom. The number of nitrogens with zero attached hydrogens (tertiary/aromatic N) is 4. The maximum atomic E-state index is 12.0. The third-order valence-electron chi connectivity index (χ3n) is 2.30. The number of Topliss-reactive ketones (excluding diaryl/α,β-unsaturated/α-hetero) is 1. The van der Waals surface area contributed by atoms with Crippen LogP contribution in [0, 0.1) is 0 Å². The Bertz CT molecular complexity index is 504. The zero-order valence-corrected chi connectivity index (χ0v) is 9.87. The van der Waals surface area contributed by atoms with Crippen LogP contribution in [0.4, 0.5) is 0 Å². The van der Waals surface area contributed by atoms with E-state index in [0.717, 1.165) is 5.69 Å². The molecule has 0 spiro atoms. The van der Waals surface area contributed by atoms with Crippen molar-refractivity contribution in [1.29, 1.82) is 0 Å². The molecule has 0 aliphatic rings. The van der Waals surface area contributed by atoms with E-state index in [9.17, 15) is 4.79 Å². The van der Waals surface area contributed by atoms with Gasteiger partial charge in [0.25, 0.3) is 0 Å². The van der Waals surface area contributed by atoms with E-state index in [-0.39, 0.29) is 5.78 Å². The van der Waals surface area contributed by atoms with Gasteiger partial charge >= 0.3 is 0 Å². The molecule has 0 fully saturated rings. The SMILES string of the molecule is CN(C)CC(=O)c1cnnn1-c1ccccc1. The maximum absolute atomic E-state index is 12.0. The fourth-order valence-corrected chi connectivity index (χ4v) is 1.55. The van der Waals surface area contributed by atoms with Crippen molar-refractivity contribution < 1.29 is 4.79 Å². The van der Waals surface area contributed by atoms with Gasteiger partial charge in [0.2, 0.25) is 0 Å². The number of para-hydroxylation sites is 1. The molecule has 0 aliphatic carbocycles. The van der Waals surface area contributed by atoms with Gasteiger partial charge in [0.1, 0.15) is 5.69 Å². The van der Waals surface area contributed by atoms with Crippen LogP contribution in [0.3, 0.4) is 0 Å². The first-order chi connectivity index (χ1) is 8.18. The number of carbonyl (C=O) groups excluding carboxylic acids is 1. The molecule has 0 bridgehead atoms. The molecule has 5 nitrogen and oxygen atoms in total. The summed E-state index contributed by atoms with van der Waals surface area (Å²) in [6.07, 6.45) is 1.50. The molecule has 17 heavy (non-hydrogen) atoms. The molecule has 1 heterocycles. The molecular weight excluding hydrogens is 216 g/mol. The lowest BCUT2D eigenvalue weighted by Gasteiger charge is -2.09. The van der Waals surface area contributed by atoms with Crippen molar-refractivity contribution in [3.05, 3.63) is 42.2 Å². The van der Waals surface area contributed by atoms with Gasteiger partial charge in [-0.25, -0.2) is 4.68 Å². The van der Waals surface area contributed by atoms with Crippen LogP contribution in [-0.4, -0.2) is 46.3 Å². The van der Waals surface area contributed by atoms with E-state index in [1.165, 1.54) is 6.20 Å². The minimum Gasteiger partial charge on any atom is -0.302 e. The second kappa shape index (κ2) is 4.88. The number of benzene rings is 1. The van der Waals surface area contributed by atoms with Crippen molar-refractivity contribution in [2.75, 3.05) is 20.6 Å². The third-order valence-corrected chi connectivity index (χ3v) is 2.30. The summed E-state index contributed by atoms with van der Waals surface area (Å²) in [7, 11) is 3.71. The first-order valence-corrected chi connectivity index (χ1v) is 5.32. The highest BCUT2D eigenvalue weighted by Crippen LogP contribution is 2.09. The summed E-state index contributed by atoms with van der Waals surface area (Å²) >= 11 is 0. The molecule has 0 aliphatic heterocycles. The van der Waals surface area contributed by atoms with E-state index in [1.807, 2.05) is 49.3 Å². The predicted molar refractivity (Wildman–Crippen MR) is 64.2 cm³/mol. The molecule has 5 heteroatoms. The number of rotatable bonds is 4. The lowest BCUT2D eigenvalue weighted by Crippen LogP contribution is -2.23. The molecule has 2 rings (SSSR count). The number of hydrogen-bond acceptors (Lipinski definition) is 4. The van der Waals surface area contributed by atoms with E-state index in [1.54, 1.807) is 4.68 Å². The summed E-state index contributed by atoms with van der Waals surface area (Å²) in [4.78, 5) is 13.8. The first kappa shape index (κ1) is 11.5. The Hall–Kier alpha value is -2.01. The van der Waals surface area contributed by atoms with Crippen molar-refractivity contribution in [1.82, 2.24) is 19.9 Å². The van der Waals surface area contributed by atoms with Crippen LogP contribution in [0.2, 0.25) is 0 Å². The molecule has 0 saturated heterocycles. The van der Waals surface area contributed by atoms with Crippen LogP contribution < -0.4 is 0 Å². The summed E-state index contributed by atoms with van der Waals surface area (Å²) in [5.74, 6) is 0.00357. The van der Waals surface area contributed by atoms with Gasteiger partial charge in [-0.05, 0) is 26.2 Å². The normalized spacial score (nSPS) is 10.8. The number of likely N-dealkylation sites (N-methyl/N-ethyl adjacent to an activating group) is 1. The molecule has 0 N–H and O–H groups in total. The van der Waals surface area contributed by atoms with E-state index in [0.29, 0.717) is 12.2 Å². The highest BCUT2D eigenvalue weighted by atomic mass is 16.1. The van der Waals surface area contributed by atoms with E-state index >= 15 is 0 Å². The highest BCUT2D eigenvalue weighted by molar-refractivity contribution is 5.96. The third kappa shape index (κ3) is 2.57. The molecule has 1 aromatic heterocycles. The van der Waals surface area contributed by atoms with Gasteiger partial charge in [-0.3, -0.25) is 4.79 Å². The topological polar surface area (TPSA) is 51.0 Å². The molecule has 88 valence electrons. The second-order valence-electron chi connectivity index (χ2n) is 4.03. The lowest BCUT2D eigenvalue weighted by atomic mass is 10.2. The monoisotopic (exact) mass is 230 g/mol. The molecular formula is C12H14N4O. The second-order valence-corrected chi connectivity index (χ2v) is 4.03. The zero-order valence-electron chi connectivity index (χ0n) is 9.87. The number of ketones is 1. The van der Waals surface area contributed by atoms with Crippen LogP contribution >= 0.6 is 0 Å². The summed E-state index contributed by atoms with van der Waals surface area (Å²) in [6, 6.07) is 9.50. The quantitative estimate of drug-likeness (QED) is 0.736. The summed E-state index contributed by atoms with van der Waals surface area (Å²) in [5.41, 5.74) is 1.34. The predicted octanol–water partition coefficient (Wildman–Crippen LogP) is 1.01. The zero-order chi connectivity index (χ0) is 12.3. The van der Waals surface area contributed by atoms with Gasteiger partial charge in [0.15, 0.2) is 5.78 Å². The van der Waals surface area contributed by atoms with E-state index in [4.69, 9.17) is 0 Å². The molecule has 0 amide bonds. The summed E-state index contributed by atoms with van der Waals surface area (Å²) in [6.45, 7) is 0.347. The molecule has 0 unspecified atom stereocenters. The Kier molecular flexibility index (Phi) is 3.30. The van der Waals surface area contributed by atoms with E-state index in [2.05, 4.69) is 10.3 Å². The van der Waals surface area contributed by atoms with Crippen LogP contribution in [0.1, 0.15) is 10.5 Å². The van der Waals surface area contributed by atoms with Gasteiger partial charge < -0.3 is 4.90 Å². The highest BCUT2D eigenvalue weighted by Gasteiger charge is 2.14. The fraction of sp³-hybridized carbons (Fsp3) is 0.250. The van der Waals surface area contributed by atoms with Crippen molar-refractivity contribution in [2.45, 2.75) is 0 Å². The lowest BCUT2D eigenvalue weighted by molar-refractivity contribution is 0.0950. The summed E-state index contributed by atoms with van der Waals surface area (Å²) in [5, 5.41) is 7.74. The minimum absolute atomic E-state index is 0.00357. The average molecular weight is 230 g/mol. The average Bonchev–Trinajstić information content (AvgIpc) is 2.78. The van der Waals surface area contributed by atoms with Gasteiger partial charge in [-0.1, -0.05) is 23.4 Å². The molecule has 0 radical (unpaired) electrons. The van der Waals surface area contributed by atoms with Gasteiger partial charge in [-0.2, -0.15) is 0 Å². The first-order valence-electron chi connectivity index (χ1n) is 5.32. The minimum atomic E-state index is 0.00357. The fourth-order valence-electron chi connectivity index (χ4n) is 1.55. The molecule has 1 aromatic carbocycles. The van der Waals surface area contributed by atoms with Crippen LogP contribution in [0.15, 0.2) is 36.5 Å². The van der Waals surface area contributed by atoms with Crippen LogP contribution in [0.25, 0.3) is 5.69 Å². The van der Waals surface area contributed by atoms with Gasteiger partial charge in [-0.15, -0.1) is 5.10 Å².